The fraction of sp³-hybridized carbons (Fsp3) is 0.417. The first-order chi connectivity index (χ1) is 8.22. The SMILES string of the molecule is CN(C(=O)OC(C)(C)C)c1ccccc1[N+](=O)[O-]. The molecular weight excluding hydrogens is 236 g/mol. The molecule has 0 fully saturated rings. The Hall–Kier alpha value is -2.11. The molecule has 0 heterocycles. The maximum Gasteiger partial charge on any atom is 0.414 e. The van der Waals surface area contributed by atoms with E-state index in [1.165, 1.54) is 19.2 Å². The first-order valence-corrected chi connectivity index (χ1v) is 5.42. The van der Waals surface area contributed by atoms with Crippen LogP contribution in [-0.2, 0) is 4.74 Å². The number of nitro groups is 1. The number of hydrogen-bond acceptors (Lipinski definition) is 4. The third-order valence-corrected chi connectivity index (χ3v) is 2.11. The van der Waals surface area contributed by atoms with Gasteiger partial charge in [-0.15, -0.1) is 0 Å². The number of nitro benzene ring substituents is 1. The van der Waals surface area contributed by atoms with Gasteiger partial charge in [0, 0.05) is 13.1 Å². The molecule has 0 aliphatic heterocycles. The van der Waals surface area contributed by atoms with Crippen molar-refractivity contribution in [2.24, 2.45) is 0 Å². The molecular formula is C12H16N2O4. The van der Waals surface area contributed by atoms with Gasteiger partial charge in [0.25, 0.3) is 5.69 Å². The number of ether oxygens (including phenoxy) is 1. The summed E-state index contributed by atoms with van der Waals surface area (Å²) in [5, 5.41) is 10.9. The maximum atomic E-state index is 11.8. The molecule has 18 heavy (non-hydrogen) atoms. The molecule has 0 saturated carbocycles. The number of carbonyl (C=O) groups excluding carboxylic acids is 1. The van der Waals surface area contributed by atoms with Crippen molar-refractivity contribution >= 4 is 17.5 Å². The van der Waals surface area contributed by atoms with Crippen LogP contribution in [0.3, 0.4) is 0 Å². The molecule has 1 aromatic carbocycles. The highest BCUT2D eigenvalue weighted by atomic mass is 16.6. The van der Waals surface area contributed by atoms with Crippen LogP contribution >= 0.6 is 0 Å². The Balaban J connectivity index is 3.00. The van der Waals surface area contributed by atoms with Crippen molar-refractivity contribution in [3.63, 3.8) is 0 Å². The Labute approximate surface area is 105 Å². The van der Waals surface area contributed by atoms with Gasteiger partial charge in [0.1, 0.15) is 11.3 Å². The van der Waals surface area contributed by atoms with Crippen molar-refractivity contribution < 1.29 is 14.5 Å². The van der Waals surface area contributed by atoms with Crippen LogP contribution in [0.15, 0.2) is 24.3 Å². The Kier molecular flexibility index (Phi) is 3.90. The normalized spacial score (nSPS) is 10.9. The van der Waals surface area contributed by atoms with Crippen molar-refractivity contribution in [3.8, 4) is 0 Å². The number of carbonyl (C=O) groups is 1. The highest BCUT2D eigenvalue weighted by Crippen LogP contribution is 2.27. The van der Waals surface area contributed by atoms with Gasteiger partial charge in [-0.05, 0) is 26.8 Å². The molecule has 0 bridgehead atoms. The lowest BCUT2D eigenvalue weighted by molar-refractivity contribution is -0.384. The van der Waals surface area contributed by atoms with Gasteiger partial charge in [0.15, 0.2) is 0 Å². The molecule has 6 nitrogen and oxygen atoms in total. The Morgan fingerprint density at radius 1 is 1.33 bits per heavy atom. The topological polar surface area (TPSA) is 72.7 Å². The summed E-state index contributed by atoms with van der Waals surface area (Å²) in [5.41, 5.74) is -0.572. The molecule has 0 N–H and O–H groups in total. The van der Waals surface area contributed by atoms with Gasteiger partial charge in [0.2, 0.25) is 0 Å². The number of anilines is 1. The van der Waals surface area contributed by atoms with Crippen LogP contribution in [0.4, 0.5) is 16.2 Å². The van der Waals surface area contributed by atoms with E-state index in [0.29, 0.717) is 0 Å². The summed E-state index contributed by atoms with van der Waals surface area (Å²) in [4.78, 5) is 23.3. The van der Waals surface area contributed by atoms with Gasteiger partial charge in [-0.25, -0.2) is 4.79 Å². The van der Waals surface area contributed by atoms with Crippen molar-refractivity contribution in [1.82, 2.24) is 0 Å². The van der Waals surface area contributed by atoms with E-state index in [2.05, 4.69) is 0 Å². The summed E-state index contributed by atoms with van der Waals surface area (Å²) < 4.78 is 5.15. The molecule has 1 aromatic rings. The van der Waals surface area contributed by atoms with Gasteiger partial charge < -0.3 is 4.74 Å². The minimum absolute atomic E-state index is 0.133. The minimum Gasteiger partial charge on any atom is -0.443 e. The summed E-state index contributed by atoms with van der Waals surface area (Å²) in [5.74, 6) is 0. The van der Waals surface area contributed by atoms with E-state index in [1.54, 1.807) is 32.9 Å². The molecule has 0 aromatic heterocycles. The van der Waals surface area contributed by atoms with Gasteiger partial charge >= 0.3 is 6.09 Å². The number of rotatable bonds is 2. The van der Waals surface area contributed by atoms with E-state index in [9.17, 15) is 14.9 Å². The van der Waals surface area contributed by atoms with Gasteiger partial charge in [0.05, 0.1) is 4.92 Å². The van der Waals surface area contributed by atoms with Crippen molar-refractivity contribution in [2.45, 2.75) is 26.4 Å². The monoisotopic (exact) mass is 252 g/mol. The zero-order valence-electron chi connectivity index (χ0n) is 10.8. The Morgan fingerprint density at radius 3 is 2.39 bits per heavy atom. The average molecular weight is 252 g/mol. The largest absolute Gasteiger partial charge is 0.443 e. The van der Waals surface area contributed by atoms with Gasteiger partial charge in [-0.2, -0.15) is 0 Å². The van der Waals surface area contributed by atoms with Crippen LogP contribution in [0.1, 0.15) is 20.8 Å². The lowest BCUT2D eigenvalue weighted by Gasteiger charge is -2.24. The van der Waals surface area contributed by atoms with E-state index in [-0.39, 0.29) is 11.4 Å². The molecule has 1 rings (SSSR count). The van der Waals surface area contributed by atoms with E-state index < -0.39 is 16.6 Å². The summed E-state index contributed by atoms with van der Waals surface area (Å²) in [6, 6.07) is 6.02. The molecule has 0 atom stereocenters. The third-order valence-electron chi connectivity index (χ3n) is 2.11. The van der Waals surface area contributed by atoms with Crippen molar-refractivity contribution in [3.05, 3.63) is 34.4 Å². The van der Waals surface area contributed by atoms with E-state index in [1.807, 2.05) is 0 Å². The summed E-state index contributed by atoms with van der Waals surface area (Å²) in [6.45, 7) is 5.20. The van der Waals surface area contributed by atoms with Crippen molar-refractivity contribution in [2.75, 3.05) is 11.9 Å². The number of para-hydroxylation sites is 2. The highest BCUT2D eigenvalue weighted by Gasteiger charge is 2.25. The third kappa shape index (κ3) is 3.44. The van der Waals surface area contributed by atoms with Gasteiger partial charge in [-0.1, -0.05) is 12.1 Å². The smallest absolute Gasteiger partial charge is 0.414 e. The van der Waals surface area contributed by atoms with E-state index in [4.69, 9.17) is 4.74 Å². The fourth-order valence-electron chi connectivity index (χ4n) is 1.33. The number of nitrogens with zero attached hydrogens (tertiary/aromatic N) is 2. The standard InChI is InChI=1S/C12H16N2O4/c1-12(2,3)18-11(15)13(4)9-7-5-6-8-10(9)14(16)17/h5-8H,1-4H3. The molecule has 0 unspecified atom stereocenters. The zero-order valence-corrected chi connectivity index (χ0v) is 10.8. The zero-order chi connectivity index (χ0) is 13.9. The molecule has 0 saturated heterocycles. The van der Waals surface area contributed by atoms with E-state index >= 15 is 0 Å². The second kappa shape index (κ2) is 5.03. The molecule has 0 spiro atoms. The lowest BCUT2D eigenvalue weighted by atomic mass is 10.2. The Morgan fingerprint density at radius 2 is 1.89 bits per heavy atom. The second-order valence-electron chi connectivity index (χ2n) is 4.79. The van der Waals surface area contributed by atoms with Crippen LogP contribution in [0.5, 0.6) is 0 Å². The number of hydrogen-bond donors (Lipinski definition) is 0. The predicted molar refractivity (Wildman–Crippen MR) is 67.7 cm³/mol. The molecule has 0 aliphatic carbocycles. The van der Waals surface area contributed by atoms with Crippen LogP contribution in [0, 0.1) is 10.1 Å². The molecule has 98 valence electrons. The van der Waals surface area contributed by atoms with Crippen LogP contribution in [-0.4, -0.2) is 23.7 Å². The predicted octanol–water partition coefficient (Wildman–Crippen LogP) is 2.97. The quantitative estimate of drug-likeness (QED) is 0.599. The summed E-state index contributed by atoms with van der Waals surface area (Å²) >= 11 is 0. The maximum absolute atomic E-state index is 11.8. The lowest BCUT2D eigenvalue weighted by Crippen LogP contribution is -2.34. The van der Waals surface area contributed by atoms with Crippen LogP contribution in [0.25, 0.3) is 0 Å². The molecule has 0 radical (unpaired) electrons. The molecule has 6 heteroatoms. The second-order valence-corrected chi connectivity index (χ2v) is 4.79. The van der Waals surface area contributed by atoms with Crippen molar-refractivity contribution in [1.29, 1.82) is 0 Å². The molecule has 0 aliphatic rings. The van der Waals surface area contributed by atoms with E-state index in [0.717, 1.165) is 4.90 Å². The summed E-state index contributed by atoms with van der Waals surface area (Å²) in [6.07, 6.45) is -0.628. The van der Waals surface area contributed by atoms with Gasteiger partial charge in [-0.3, -0.25) is 15.0 Å². The number of benzene rings is 1. The van der Waals surface area contributed by atoms with Crippen LogP contribution < -0.4 is 4.90 Å². The number of amides is 1. The summed E-state index contributed by atoms with van der Waals surface area (Å²) in [7, 11) is 1.44. The minimum atomic E-state index is -0.644. The highest BCUT2D eigenvalue weighted by molar-refractivity contribution is 5.90. The first kappa shape index (κ1) is 14.0. The first-order valence-electron chi connectivity index (χ1n) is 5.42. The fourth-order valence-corrected chi connectivity index (χ4v) is 1.33. The van der Waals surface area contributed by atoms with Crippen LogP contribution in [0.2, 0.25) is 0 Å². The Bertz CT molecular complexity index is 465. The molecule has 1 amide bonds. The average Bonchev–Trinajstić information content (AvgIpc) is 2.25.